The molecule has 2 atom stereocenters. The van der Waals surface area contributed by atoms with E-state index in [9.17, 15) is 4.79 Å². The Morgan fingerprint density at radius 2 is 1.93 bits per heavy atom. The summed E-state index contributed by atoms with van der Waals surface area (Å²) < 4.78 is 11.7. The molecule has 30 heavy (non-hydrogen) atoms. The molecule has 0 saturated carbocycles. The lowest BCUT2D eigenvalue weighted by atomic mass is 9.86. The highest BCUT2D eigenvalue weighted by atomic mass is 16.5. The first-order valence-electron chi connectivity index (χ1n) is 10.5. The number of aliphatic imine (C=N–C) groups is 1. The Morgan fingerprint density at radius 1 is 1.20 bits per heavy atom. The van der Waals surface area contributed by atoms with Crippen LogP contribution in [0.15, 0.2) is 59.6 Å². The van der Waals surface area contributed by atoms with Crippen LogP contribution in [-0.2, 0) is 16.0 Å². The fourth-order valence-electron chi connectivity index (χ4n) is 3.44. The zero-order valence-electron chi connectivity index (χ0n) is 17.6. The Labute approximate surface area is 177 Å². The molecular weight excluding hydrogens is 380 g/mol. The molecular formula is C24H30N2O4. The van der Waals surface area contributed by atoms with Crippen molar-refractivity contribution < 1.29 is 19.4 Å². The van der Waals surface area contributed by atoms with Gasteiger partial charge in [0.15, 0.2) is 5.54 Å². The van der Waals surface area contributed by atoms with Crippen molar-refractivity contribution in [1.82, 2.24) is 5.32 Å². The lowest BCUT2D eigenvalue weighted by Crippen LogP contribution is -2.52. The fraction of sp³-hybridized carbons (Fsp3) is 0.417. The maximum absolute atomic E-state index is 13.2. The predicted octanol–water partition coefficient (Wildman–Crippen LogP) is 3.12. The van der Waals surface area contributed by atoms with Gasteiger partial charge in [0.2, 0.25) is 5.90 Å². The molecule has 1 heterocycles. The Hall–Kier alpha value is -2.86. The first kappa shape index (κ1) is 21.8. The Kier molecular flexibility index (Phi) is 7.46. The Bertz CT molecular complexity index is 851. The third kappa shape index (κ3) is 5.00. The third-order valence-corrected chi connectivity index (χ3v) is 5.18. The van der Waals surface area contributed by atoms with Crippen molar-refractivity contribution in [2.75, 3.05) is 19.8 Å². The van der Waals surface area contributed by atoms with Crippen LogP contribution in [0.25, 0.3) is 0 Å². The number of benzene rings is 2. The summed E-state index contributed by atoms with van der Waals surface area (Å²) in [7, 11) is 0. The summed E-state index contributed by atoms with van der Waals surface area (Å²) in [5, 5.41) is 11.9. The maximum Gasteiger partial charge on any atom is 0.252 e. The molecule has 1 aliphatic heterocycles. The molecule has 0 spiro atoms. The summed E-state index contributed by atoms with van der Waals surface area (Å²) in [5.74, 6) is 1.07. The van der Waals surface area contributed by atoms with Crippen LogP contribution in [0.2, 0.25) is 0 Å². The molecule has 0 aromatic heterocycles. The molecule has 1 aliphatic rings. The van der Waals surface area contributed by atoms with Crippen LogP contribution >= 0.6 is 0 Å². The topological polar surface area (TPSA) is 80.2 Å². The predicted molar refractivity (Wildman–Crippen MR) is 117 cm³/mol. The largest absolute Gasteiger partial charge is 0.494 e. The SMILES string of the molecule is CCCNC(=O)[C@]1(Cc2ccccc2)N=C(c2ccc(OCCCO)cc2)O[C@@H]1C. The van der Waals surface area contributed by atoms with Gasteiger partial charge in [-0.2, -0.15) is 0 Å². The molecule has 160 valence electrons. The van der Waals surface area contributed by atoms with Crippen molar-refractivity contribution in [2.24, 2.45) is 4.99 Å². The van der Waals surface area contributed by atoms with Crippen LogP contribution in [0.4, 0.5) is 0 Å². The van der Waals surface area contributed by atoms with E-state index < -0.39 is 11.6 Å². The normalized spacial score (nSPS) is 20.4. The summed E-state index contributed by atoms with van der Waals surface area (Å²) in [6.07, 6.45) is 1.52. The van der Waals surface area contributed by atoms with Gasteiger partial charge in [-0.15, -0.1) is 0 Å². The van der Waals surface area contributed by atoms with Gasteiger partial charge in [-0.05, 0) is 43.2 Å². The smallest absolute Gasteiger partial charge is 0.252 e. The van der Waals surface area contributed by atoms with Crippen molar-refractivity contribution in [3.05, 3.63) is 65.7 Å². The van der Waals surface area contributed by atoms with Gasteiger partial charge in [0.25, 0.3) is 5.91 Å². The van der Waals surface area contributed by atoms with Crippen molar-refractivity contribution in [3.8, 4) is 5.75 Å². The van der Waals surface area contributed by atoms with Gasteiger partial charge in [0, 0.05) is 31.6 Å². The molecule has 6 heteroatoms. The highest BCUT2D eigenvalue weighted by Crippen LogP contribution is 2.32. The molecule has 2 aromatic carbocycles. The van der Waals surface area contributed by atoms with E-state index in [4.69, 9.17) is 19.6 Å². The van der Waals surface area contributed by atoms with E-state index in [2.05, 4.69) is 5.32 Å². The van der Waals surface area contributed by atoms with E-state index >= 15 is 0 Å². The second-order valence-corrected chi connectivity index (χ2v) is 7.47. The maximum atomic E-state index is 13.2. The zero-order chi connectivity index (χ0) is 21.4. The van der Waals surface area contributed by atoms with Crippen LogP contribution in [0.3, 0.4) is 0 Å². The fourth-order valence-corrected chi connectivity index (χ4v) is 3.44. The number of ether oxygens (including phenoxy) is 2. The number of hydrogen-bond donors (Lipinski definition) is 2. The van der Waals surface area contributed by atoms with Gasteiger partial charge >= 0.3 is 0 Å². The molecule has 1 amide bonds. The molecule has 3 rings (SSSR count). The molecule has 0 saturated heterocycles. The Morgan fingerprint density at radius 3 is 2.60 bits per heavy atom. The van der Waals surface area contributed by atoms with Gasteiger partial charge in [-0.25, -0.2) is 4.99 Å². The van der Waals surface area contributed by atoms with E-state index in [-0.39, 0.29) is 12.5 Å². The van der Waals surface area contributed by atoms with Crippen LogP contribution in [0, 0.1) is 0 Å². The zero-order valence-corrected chi connectivity index (χ0v) is 17.6. The van der Waals surface area contributed by atoms with Crippen molar-refractivity contribution in [2.45, 2.75) is 44.8 Å². The van der Waals surface area contributed by atoms with Crippen LogP contribution < -0.4 is 10.1 Å². The summed E-state index contributed by atoms with van der Waals surface area (Å²) in [5.41, 5.74) is 0.828. The summed E-state index contributed by atoms with van der Waals surface area (Å²) in [6, 6.07) is 17.4. The summed E-state index contributed by atoms with van der Waals surface area (Å²) in [6.45, 7) is 5.09. The highest BCUT2D eigenvalue weighted by Gasteiger charge is 2.50. The number of carbonyl (C=O) groups excluding carboxylic acids is 1. The van der Waals surface area contributed by atoms with E-state index in [1.54, 1.807) is 0 Å². The van der Waals surface area contributed by atoms with Gasteiger partial charge in [-0.1, -0.05) is 37.3 Å². The number of nitrogens with one attached hydrogen (secondary N) is 1. The van der Waals surface area contributed by atoms with Crippen LogP contribution in [0.1, 0.15) is 37.8 Å². The average Bonchev–Trinajstić information content (AvgIpc) is 3.10. The second-order valence-electron chi connectivity index (χ2n) is 7.47. The van der Waals surface area contributed by atoms with Crippen molar-refractivity contribution in [3.63, 3.8) is 0 Å². The lowest BCUT2D eigenvalue weighted by molar-refractivity contribution is -0.128. The van der Waals surface area contributed by atoms with Gasteiger partial charge in [-0.3, -0.25) is 4.79 Å². The minimum Gasteiger partial charge on any atom is -0.494 e. The molecule has 0 radical (unpaired) electrons. The van der Waals surface area contributed by atoms with Gasteiger partial charge in [0.1, 0.15) is 11.9 Å². The number of rotatable bonds is 10. The molecule has 0 bridgehead atoms. The first-order valence-corrected chi connectivity index (χ1v) is 10.5. The minimum atomic E-state index is -1.01. The lowest BCUT2D eigenvalue weighted by Gasteiger charge is -2.28. The minimum absolute atomic E-state index is 0.101. The van der Waals surface area contributed by atoms with Crippen LogP contribution in [0.5, 0.6) is 5.75 Å². The standard InChI is InChI=1S/C24H30N2O4/c1-3-14-25-23(28)24(17-19-8-5-4-6-9-19)18(2)30-22(26-24)20-10-12-21(13-11-20)29-16-7-15-27/h4-6,8-13,18,27H,3,7,14-17H2,1-2H3,(H,25,28)/t18-,24-/m1/s1. The Balaban J connectivity index is 1.86. The molecule has 2 aromatic rings. The summed E-state index contributed by atoms with van der Waals surface area (Å²) in [4.78, 5) is 18.0. The van der Waals surface area contributed by atoms with E-state index in [1.807, 2.05) is 68.4 Å². The number of carbonyl (C=O) groups is 1. The number of aliphatic hydroxyl groups excluding tert-OH is 1. The number of amides is 1. The molecule has 6 nitrogen and oxygen atoms in total. The number of aliphatic hydroxyl groups is 1. The quantitative estimate of drug-likeness (QED) is 0.590. The average molecular weight is 411 g/mol. The van der Waals surface area contributed by atoms with Crippen LogP contribution in [-0.4, -0.2) is 48.3 Å². The second kappa shape index (κ2) is 10.3. The molecule has 2 N–H and O–H groups in total. The van der Waals surface area contributed by atoms with Crippen molar-refractivity contribution >= 4 is 11.8 Å². The number of hydrogen-bond acceptors (Lipinski definition) is 5. The van der Waals surface area contributed by atoms with Gasteiger partial charge < -0.3 is 19.9 Å². The number of nitrogens with zero attached hydrogens (tertiary/aromatic N) is 1. The first-order chi connectivity index (χ1) is 14.6. The molecule has 0 fully saturated rings. The summed E-state index contributed by atoms with van der Waals surface area (Å²) >= 11 is 0. The van der Waals surface area contributed by atoms with Crippen molar-refractivity contribution in [1.29, 1.82) is 0 Å². The highest BCUT2D eigenvalue weighted by molar-refractivity contribution is 6.00. The monoisotopic (exact) mass is 410 g/mol. The van der Waals surface area contributed by atoms with Gasteiger partial charge in [0.05, 0.1) is 6.61 Å². The van der Waals surface area contributed by atoms with E-state index in [1.165, 1.54) is 0 Å². The molecule has 0 aliphatic carbocycles. The third-order valence-electron chi connectivity index (χ3n) is 5.18. The van der Waals surface area contributed by atoms with E-state index in [0.717, 1.165) is 23.3 Å². The molecule has 0 unspecified atom stereocenters. The van der Waals surface area contributed by atoms with E-state index in [0.29, 0.717) is 31.9 Å².